The molecule has 0 aliphatic rings. The van der Waals surface area contributed by atoms with Crippen LogP contribution in [0.2, 0.25) is 0 Å². The Balaban J connectivity index is 2.43. The number of fused-ring (bicyclic) bond motifs is 1. The molecule has 100 valence electrons. The van der Waals surface area contributed by atoms with Crippen molar-refractivity contribution in [3.8, 4) is 11.3 Å². The lowest BCUT2D eigenvalue weighted by molar-refractivity contribution is -0.565. The van der Waals surface area contributed by atoms with Gasteiger partial charge in [0, 0.05) is 18.7 Å². The summed E-state index contributed by atoms with van der Waals surface area (Å²) in [5.41, 5.74) is 0.0626. The Bertz CT molecular complexity index is 911. The highest BCUT2D eigenvalue weighted by molar-refractivity contribution is 5.72. The van der Waals surface area contributed by atoms with Crippen molar-refractivity contribution in [2.45, 2.75) is 0 Å². The van der Waals surface area contributed by atoms with Crippen molar-refractivity contribution in [1.29, 1.82) is 0 Å². The largest absolute Gasteiger partial charge is 0.618 e. The second kappa shape index (κ2) is 4.34. The third kappa shape index (κ3) is 1.70. The SMILES string of the molecule is Cn1c(=O)[nH]c2ccc(-c3ccccc3)[n+]([O-])c2c1=O. The predicted octanol–water partition coefficient (Wildman–Crippen LogP) is 0.527. The van der Waals surface area contributed by atoms with Crippen LogP contribution in [0.25, 0.3) is 22.3 Å². The highest BCUT2D eigenvalue weighted by atomic mass is 16.5. The number of rotatable bonds is 1. The van der Waals surface area contributed by atoms with E-state index < -0.39 is 11.2 Å². The lowest BCUT2D eigenvalue weighted by atomic mass is 10.1. The molecule has 1 aromatic carbocycles. The zero-order chi connectivity index (χ0) is 14.3. The van der Waals surface area contributed by atoms with E-state index >= 15 is 0 Å². The number of H-pyrrole nitrogens is 1. The monoisotopic (exact) mass is 269 g/mol. The summed E-state index contributed by atoms with van der Waals surface area (Å²) in [4.78, 5) is 26.1. The highest BCUT2D eigenvalue weighted by Gasteiger charge is 2.17. The van der Waals surface area contributed by atoms with E-state index in [9.17, 15) is 14.8 Å². The summed E-state index contributed by atoms with van der Waals surface area (Å²) >= 11 is 0. The van der Waals surface area contributed by atoms with Crippen molar-refractivity contribution in [3.05, 3.63) is 68.5 Å². The number of benzene rings is 1. The molecule has 0 saturated carbocycles. The minimum absolute atomic E-state index is 0.0755. The lowest BCUT2D eigenvalue weighted by Crippen LogP contribution is -2.41. The van der Waals surface area contributed by atoms with E-state index in [0.29, 0.717) is 16.0 Å². The highest BCUT2D eigenvalue weighted by Crippen LogP contribution is 2.16. The number of hydrogen-bond acceptors (Lipinski definition) is 3. The molecule has 0 saturated heterocycles. The van der Waals surface area contributed by atoms with Gasteiger partial charge in [-0.05, 0) is 18.2 Å². The van der Waals surface area contributed by atoms with E-state index in [-0.39, 0.29) is 11.0 Å². The van der Waals surface area contributed by atoms with E-state index in [1.54, 1.807) is 24.3 Å². The van der Waals surface area contributed by atoms with Gasteiger partial charge in [-0.3, -0.25) is 9.36 Å². The van der Waals surface area contributed by atoms with Crippen LogP contribution in [0.3, 0.4) is 0 Å². The van der Waals surface area contributed by atoms with Gasteiger partial charge in [-0.15, -0.1) is 0 Å². The van der Waals surface area contributed by atoms with Crippen LogP contribution in [0.5, 0.6) is 0 Å². The summed E-state index contributed by atoms with van der Waals surface area (Å²) in [6.45, 7) is 0. The number of nitrogens with one attached hydrogen (secondary N) is 1. The first-order valence-electron chi connectivity index (χ1n) is 6.00. The molecule has 0 aliphatic heterocycles. The van der Waals surface area contributed by atoms with Crippen molar-refractivity contribution in [3.63, 3.8) is 0 Å². The maximum atomic E-state index is 12.4. The maximum absolute atomic E-state index is 12.4. The molecular formula is C14H11N3O3. The average Bonchev–Trinajstić information content (AvgIpc) is 2.46. The smallest absolute Gasteiger partial charge is 0.330 e. The summed E-state index contributed by atoms with van der Waals surface area (Å²) in [7, 11) is 1.33. The summed E-state index contributed by atoms with van der Waals surface area (Å²) in [5.74, 6) is 0. The van der Waals surface area contributed by atoms with E-state index in [1.165, 1.54) is 7.05 Å². The second-order valence-electron chi connectivity index (χ2n) is 4.44. The zero-order valence-corrected chi connectivity index (χ0v) is 10.7. The molecule has 3 rings (SSSR count). The number of nitrogens with zero attached hydrogens (tertiary/aromatic N) is 2. The van der Waals surface area contributed by atoms with Gasteiger partial charge in [0.25, 0.3) is 0 Å². The van der Waals surface area contributed by atoms with Crippen LogP contribution in [-0.4, -0.2) is 9.55 Å². The lowest BCUT2D eigenvalue weighted by Gasteiger charge is -2.07. The van der Waals surface area contributed by atoms with Gasteiger partial charge in [0.2, 0.25) is 5.69 Å². The van der Waals surface area contributed by atoms with Crippen LogP contribution >= 0.6 is 0 Å². The summed E-state index contributed by atoms with van der Waals surface area (Å²) < 4.78 is 1.44. The zero-order valence-electron chi connectivity index (χ0n) is 10.7. The van der Waals surface area contributed by atoms with Gasteiger partial charge in [0.1, 0.15) is 5.52 Å². The maximum Gasteiger partial charge on any atom is 0.330 e. The molecule has 3 aromatic rings. The molecule has 6 heteroatoms. The first-order valence-corrected chi connectivity index (χ1v) is 6.00. The summed E-state index contributed by atoms with van der Waals surface area (Å²) in [6.07, 6.45) is 0. The van der Waals surface area contributed by atoms with Gasteiger partial charge in [0.05, 0.1) is 0 Å². The van der Waals surface area contributed by atoms with Gasteiger partial charge in [-0.25, -0.2) is 4.79 Å². The standard InChI is InChI=1S/C14H11N3O3/c1-16-13(18)12-10(15-14(16)19)7-8-11(17(12)20)9-5-3-2-4-6-9/h2-8H,1H3,(H,15,19). The molecule has 0 bridgehead atoms. The molecule has 0 radical (unpaired) electrons. The Morgan fingerprint density at radius 1 is 1.10 bits per heavy atom. The third-order valence-corrected chi connectivity index (χ3v) is 3.21. The fraction of sp³-hybridized carbons (Fsp3) is 0.0714. The van der Waals surface area contributed by atoms with Gasteiger partial charge >= 0.3 is 16.8 Å². The van der Waals surface area contributed by atoms with Crippen molar-refractivity contribution >= 4 is 11.0 Å². The molecular weight excluding hydrogens is 258 g/mol. The van der Waals surface area contributed by atoms with Gasteiger partial charge in [0.15, 0.2) is 0 Å². The molecule has 1 N–H and O–H groups in total. The Morgan fingerprint density at radius 2 is 1.80 bits per heavy atom. The second-order valence-corrected chi connectivity index (χ2v) is 4.44. The molecule has 0 atom stereocenters. The normalized spacial score (nSPS) is 10.8. The molecule has 0 aliphatic carbocycles. The van der Waals surface area contributed by atoms with Gasteiger partial charge < -0.3 is 10.2 Å². The quantitative estimate of drug-likeness (QED) is 0.516. The van der Waals surface area contributed by atoms with Crippen molar-refractivity contribution < 1.29 is 4.73 Å². The fourth-order valence-electron chi connectivity index (χ4n) is 2.11. The van der Waals surface area contributed by atoms with E-state index in [2.05, 4.69) is 4.98 Å². The minimum atomic E-state index is -0.614. The predicted molar refractivity (Wildman–Crippen MR) is 74.2 cm³/mol. The third-order valence-electron chi connectivity index (χ3n) is 3.21. The first-order chi connectivity index (χ1) is 9.59. The Kier molecular flexibility index (Phi) is 2.64. The summed E-state index contributed by atoms with van der Waals surface area (Å²) in [6, 6.07) is 12.2. The molecule has 2 heterocycles. The van der Waals surface area contributed by atoms with Crippen LogP contribution in [0.1, 0.15) is 0 Å². The van der Waals surface area contributed by atoms with Crippen molar-refractivity contribution in [2.75, 3.05) is 0 Å². The van der Waals surface area contributed by atoms with Crippen LogP contribution in [-0.2, 0) is 7.05 Å². The number of hydrogen-bond donors (Lipinski definition) is 1. The molecule has 2 aromatic heterocycles. The topological polar surface area (TPSA) is 81.8 Å². The molecule has 0 spiro atoms. The number of aromatic amines is 1. The molecule has 0 fully saturated rings. The number of aromatic nitrogens is 3. The Morgan fingerprint density at radius 3 is 2.50 bits per heavy atom. The van der Waals surface area contributed by atoms with E-state index in [0.717, 1.165) is 4.57 Å². The van der Waals surface area contributed by atoms with Crippen LogP contribution in [0, 0.1) is 5.21 Å². The average molecular weight is 269 g/mol. The van der Waals surface area contributed by atoms with Gasteiger partial charge in [-0.1, -0.05) is 18.2 Å². The molecule has 6 nitrogen and oxygen atoms in total. The summed E-state index contributed by atoms with van der Waals surface area (Å²) in [5, 5.41) is 12.4. The van der Waals surface area contributed by atoms with Gasteiger partial charge in [-0.2, -0.15) is 4.73 Å². The Labute approximate surface area is 113 Å². The van der Waals surface area contributed by atoms with Crippen molar-refractivity contribution in [2.24, 2.45) is 7.05 Å². The molecule has 20 heavy (non-hydrogen) atoms. The fourth-order valence-corrected chi connectivity index (χ4v) is 2.11. The van der Waals surface area contributed by atoms with Crippen molar-refractivity contribution in [1.82, 2.24) is 9.55 Å². The Hall–Kier alpha value is -2.89. The van der Waals surface area contributed by atoms with E-state index in [1.807, 2.05) is 18.2 Å². The van der Waals surface area contributed by atoms with Crippen LogP contribution in [0.4, 0.5) is 0 Å². The molecule has 0 unspecified atom stereocenters. The first kappa shape index (κ1) is 12.2. The molecule has 0 amide bonds. The minimum Gasteiger partial charge on any atom is -0.618 e. The van der Waals surface area contributed by atoms with Crippen LogP contribution < -0.4 is 16.0 Å². The van der Waals surface area contributed by atoms with E-state index in [4.69, 9.17) is 0 Å². The number of pyridine rings is 1. The van der Waals surface area contributed by atoms with Crippen LogP contribution in [0.15, 0.2) is 52.1 Å².